The summed E-state index contributed by atoms with van der Waals surface area (Å²) in [6.45, 7) is 1.17. The van der Waals surface area contributed by atoms with Gasteiger partial charge in [-0.05, 0) is 60.0 Å². The zero-order chi connectivity index (χ0) is 30.1. The Balaban J connectivity index is 1.23. The zero-order valence-electron chi connectivity index (χ0n) is 22.9. The summed E-state index contributed by atoms with van der Waals surface area (Å²) in [6.07, 6.45) is 6.96. The van der Waals surface area contributed by atoms with Gasteiger partial charge in [0.05, 0.1) is 18.4 Å². The van der Waals surface area contributed by atoms with Crippen molar-refractivity contribution in [3.8, 4) is 0 Å². The van der Waals surface area contributed by atoms with E-state index in [-0.39, 0.29) is 34.7 Å². The van der Waals surface area contributed by atoms with Crippen LogP contribution < -0.4 is 10.6 Å². The number of hydrogen-bond donors (Lipinski definition) is 2. The second kappa shape index (κ2) is 11.9. The number of anilines is 2. The molecular formula is C31H25ClF2N6O3. The number of ether oxygens (including phenoxy) is 1. The number of aliphatic imine (C=N–C) groups is 1. The molecule has 218 valence electrons. The number of esters is 1. The fourth-order valence-corrected chi connectivity index (χ4v) is 5.41. The highest BCUT2D eigenvalue weighted by Crippen LogP contribution is 2.41. The maximum atomic E-state index is 14.8. The molecule has 1 aliphatic carbocycles. The van der Waals surface area contributed by atoms with Crippen LogP contribution in [0.3, 0.4) is 0 Å². The zero-order valence-corrected chi connectivity index (χ0v) is 23.7. The summed E-state index contributed by atoms with van der Waals surface area (Å²) in [4.78, 5) is 40.0. The topological polar surface area (TPSA) is 109 Å². The first kappa shape index (κ1) is 28.4. The Morgan fingerprint density at radius 3 is 2.60 bits per heavy atom. The van der Waals surface area contributed by atoms with Gasteiger partial charge in [0.1, 0.15) is 22.8 Å². The minimum absolute atomic E-state index is 0.0747. The number of aromatic nitrogens is 2. The van der Waals surface area contributed by atoms with Crippen molar-refractivity contribution >= 4 is 51.4 Å². The quantitative estimate of drug-likeness (QED) is 0.410. The van der Waals surface area contributed by atoms with Crippen molar-refractivity contribution in [2.24, 2.45) is 4.99 Å². The number of halogens is 3. The number of methoxy groups -OCH3 is 1. The van der Waals surface area contributed by atoms with Gasteiger partial charge in [0.15, 0.2) is 0 Å². The largest absolute Gasteiger partial charge is 0.468 e. The molecule has 3 heterocycles. The van der Waals surface area contributed by atoms with E-state index in [9.17, 15) is 18.4 Å². The lowest BCUT2D eigenvalue weighted by Gasteiger charge is -2.32. The number of amides is 1. The molecule has 1 aromatic heterocycles. The Kier molecular flexibility index (Phi) is 7.83. The molecule has 0 radical (unpaired) electrons. The molecule has 1 atom stereocenters. The van der Waals surface area contributed by atoms with E-state index in [0.29, 0.717) is 47.6 Å². The van der Waals surface area contributed by atoms with E-state index in [2.05, 4.69) is 20.6 Å². The summed E-state index contributed by atoms with van der Waals surface area (Å²) < 4.78 is 34.4. The van der Waals surface area contributed by atoms with Gasteiger partial charge in [0.25, 0.3) is 5.91 Å². The van der Waals surface area contributed by atoms with E-state index in [1.54, 1.807) is 35.4 Å². The lowest BCUT2D eigenvalue weighted by molar-refractivity contribution is -0.144. The van der Waals surface area contributed by atoms with Crippen molar-refractivity contribution in [3.05, 3.63) is 107 Å². The lowest BCUT2D eigenvalue weighted by atomic mass is 9.84. The van der Waals surface area contributed by atoms with E-state index in [1.165, 1.54) is 37.6 Å². The molecule has 0 spiro atoms. The number of rotatable bonds is 5. The molecule has 3 aliphatic rings. The van der Waals surface area contributed by atoms with Gasteiger partial charge < -0.3 is 20.3 Å². The van der Waals surface area contributed by atoms with E-state index >= 15 is 0 Å². The van der Waals surface area contributed by atoms with Gasteiger partial charge in [-0.2, -0.15) is 0 Å². The van der Waals surface area contributed by atoms with Crippen LogP contribution in [-0.2, 0) is 16.0 Å². The number of nitrogens with zero attached hydrogens (tertiary/aromatic N) is 4. The van der Waals surface area contributed by atoms with E-state index < -0.39 is 23.6 Å². The molecule has 9 nitrogen and oxygen atoms in total. The maximum absolute atomic E-state index is 14.8. The van der Waals surface area contributed by atoms with Crippen molar-refractivity contribution < 1.29 is 23.1 Å². The Morgan fingerprint density at radius 1 is 1.09 bits per heavy atom. The summed E-state index contributed by atoms with van der Waals surface area (Å²) >= 11 is 6.27. The van der Waals surface area contributed by atoms with Crippen LogP contribution in [0.5, 0.6) is 0 Å². The highest BCUT2D eigenvalue weighted by atomic mass is 35.5. The van der Waals surface area contributed by atoms with Crippen molar-refractivity contribution in [2.45, 2.75) is 12.5 Å². The number of benzene rings is 2. The number of fused-ring (bicyclic) bond motifs is 3. The molecule has 2 aromatic carbocycles. The van der Waals surface area contributed by atoms with Crippen molar-refractivity contribution in [1.82, 2.24) is 20.2 Å². The molecule has 1 amide bonds. The van der Waals surface area contributed by atoms with E-state index in [4.69, 9.17) is 21.3 Å². The standard InChI is InChI=1S/C31H25ClF2N6O3/c1-43-30(42)25-16-40(12-11-35-25)29(41)17-5-8-19(9-6-17)38-31-37-14-18-7-10-20-21(27-23(33)3-2-4-24(27)34)13-26(32)36-15-22(20)28(18)39-31/h2-6,8-10,13-15,25,35H,7,11-12,16H2,1H3,(H,37,38,39). The average molecular weight is 603 g/mol. The smallest absolute Gasteiger partial charge is 0.324 e. The summed E-state index contributed by atoms with van der Waals surface area (Å²) in [5.74, 6) is -1.75. The maximum Gasteiger partial charge on any atom is 0.324 e. The second-order valence-corrected chi connectivity index (χ2v) is 10.4. The van der Waals surface area contributed by atoms with Gasteiger partial charge >= 0.3 is 5.97 Å². The second-order valence-electron chi connectivity index (χ2n) is 10.0. The predicted molar refractivity (Wildman–Crippen MR) is 159 cm³/mol. The number of hydrogen-bond acceptors (Lipinski definition) is 8. The van der Waals surface area contributed by atoms with Gasteiger partial charge in [-0.25, -0.2) is 23.7 Å². The molecule has 1 unspecified atom stereocenters. The number of allylic oxidation sites excluding steroid dienone is 5. The molecular weight excluding hydrogens is 578 g/mol. The normalized spacial score (nSPS) is 17.8. The molecule has 0 bridgehead atoms. The molecule has 1 fully saturated rings. The molecule has 0 saturated carbocycles. The molecule has 6 rings (SSSR count). The Hall–Kier alpha value is -4.74. The lowest BCUT2D eigenvalue weighted by Crippen LogP contribution is -2.56. The summed E-state index contributed by atoms with van der Waals surface area (Å²) in [6, 6.07) is 9.97. The molecule has 12 heteroatoms. The van der Waals surface area contributed by atoms with Crippen molar-refractivity contribution in [3.63, 3.8) is 0 Å². The molecule has 2 N–H and O–H groups in total. The van der Waals surface area contributed by atoms with Crippen LogP contribution in [0.4, 0.5) is 20.4 Å². The average Bonchev–Trinajstić information content (AvgIpc) is 3.19. The van der Waals surface area contributed by atoms with Crippen LogP contribution >= 0.6 is 11.6 Å². The van der Waals surface area contributed by atoms with Crippen molar-refractivity contribution in [1.29, 1.82) is 0 Å². The number of nitrogens with one attached hydrogen (secondary N) is 2. The molecule has 43 heavy (non-hydrogen) atoms. The van der Waals surface area contributed by atoms with Crippen LogP contribution in [0.15, 0.2) is 77.6 Å². The first-order valence-corrected chi connectivity index (χ1v) is 13.8. The minimum atomic E-state index is -0.712. The Bertz CT molecular complexity index is 1730. The fraction of sp³-hybridized carbons (Fsp3) is 0.194. The summed E-state index contributed by atoms with van der Waals surface area (Å²) in [5, 5.41) is 6.28. The third-order valence-electron chi connectivity index (χ3n) is 7.37. The third-order valence-corrected chi connectivity index (χ3v) is 7.58. The number of carbonyl (C=O) groups is 2. The van der Waals surface area contributed by atoms with Gasteiger partial charge in [0, 0.05) is 54.4 Å². The van der Waals surface area contributed by atoms with Crippen LogP contribution in [0.1, 0.15) is 27.2 Å². The van der Waals surface area contributed by atoms with Crippen molar-refractivity contribution in [2.75, 3.05) is 32.1 Å². The molecule has 1 saturated heterocycles. The van der Waals surface area contributed by atoms with E-state index in [0.717, 1.165) is 5.56 Å². The summed E-state index contributed by atoms with van der Waals surface area (Å²) in [5.41, 5.74) is 3.67. The SMILES string of the molecule is COC(=O)C1CN(C(=O)c2ccc(Nc3ncc4c(n3)C3=CN=C(Cl)C=C(c5c(F)cccc5F)C3=CC4)cc2)CCN1. The molecule has 3 aromatic rings. The fourth-order valence-electron chi connectivity index (χ4n) is 5.25. The number of carbonyl (C=O) groups excluding carboxylic acids is 2. The van der Waals surface area contributed by atoms with Crippen LogP contribution in [0.2, 0.25) is 0 Å². The third kappa shape index (κ3) is 5.69. The van der Waals surface area contributed by atoms with Crippen LogP contribution in [0, 0.1) is 11.6 Å². The van der Waals surface area contributed by atoms with Gasteiger partial charge in [0.2, 0.25) is 5.95 Å². The Labute approximate surface area is 250 Å². The highest BCUT2D eigenvalue weighted by molar-refractivity contribution is 6.69. The van der Waals surface area contributed by atoms with Gasteiger partial charge in [-0.15, -0.1) is 0 Å². The monoisotopic (exact) mass is 602 g/mol. The predicted octanol–water partition coefficient (Wildman–Crippen LogP) is 4.64. The summed E-state index contributed by atoms with van der Waals surface area (Å²) in [7, 11) is 1.32. The number of piperazine rings is 1. The van der Waals surface area contributed by atoms with E-state index in [1.807, 2.05) is 6.08 Å². The molecule has 2 aliphatic heterocycles. The first-order valence-electron chi connectivity index (χ1n) is 13.5. The van der Waals surface area contributed by atoms with Gasteiger partial charge in [-0.1, -0.05) is 23.7 Å². The highest BCUT2D eigenvalue weighted by Gasteiger charge is 2.30. The van der Waals surface area contributed by atoms with Gasteiger partial charge in [-0.3, -0.25) is 9.59 Å². The first-order chi connectivity index (χ1) is 20.8. The van der Waals surface area contributed by atoms with Crippen LogP contribution in [-0.4, -0.2) is 64.7 Å². The Morgan fingerprint density at radius 2 is 1.86 bits per heavy atom. The minimum Gasteiger partial charge on any atom is -0.468 e. The van der Waals surface area contributed by atoms with Crippen LogP contribution in [0.25, 0.3) is 11.1 Å².